The number of halogens is 2. The Labute approximate surface area is 307 Å². The van der Waals surface area contributed by atoms with Crippen molar-refractivity contribution in [2.24, 2.45) is 0 Å². The van der Waals surface area contributed by atoms with Crippen LogP contribution in [0.4, 0.5) is 10.8 Å². The zero-order valence-corrected chi connectivity index (χ0v) is 29.3. The van der Waals surface area contributed by atoms with Crippen LogP contribution in [0.5, 0.6) is 0 Å². The molecule has 0 aliphatic carbocycles. The van der Waals surface area contributed by atoms with Gasteiger partial charge in [-0.2, -0.15) is 0 Å². The number of nitrogens with zero attached hydrogens (tertiary/aromatic N) is 1. The maximum atomic E-state index is 13.7. The van der Waals surface area contributed by atoms with Gasteiger partial charge < -0.3 is 16.0 Å². The Morgan fingerprint density at radius 1 is 0.740 bits per heavy atom. The molecule has 6 aromatic rings. The van der Waals surface area contributed by atoms with Crippen molar-refractivity contribution < 1.29 is 14.4 Å². The van der Waals surface area contributed by atoms with Crippen LogP contribution in [0, 0.1) is 0 Å². The monoisotopic (exact) mass is 734 g/mol. The highest BCUT2D eigenvalue weighted by Gasteiger charge is 2.24. The average molecular weight is 736 g/mol. The molecule has 1 unspecified atom stereocenters. The van der Waals surface area contributed by atoms with Crippen molar-refractivity contribution in [3.8, 4) is 11.3 Å². The van der Waals surface area contributed by atoms with E-state index >= 15 is 0 Å². The minimum Gasteiger partial charge on any atom is -0.321 e. The first-order valence-electron chi connectivity index (χ1n) is 15.3. The van der Waals surface area contributed by atoms with Crippen LogP contribution in [0.1, 0.15) is 26.7 Å². The normalized spacial score (nSPS) is 11.8. The first-order chi connectivity index (χ1) is 24.3. The van der Waals surface area contributed by atoms with E-state index in [0.29, 0.717) is 32.1 Å². The number of amides is 3. The van der Waals surface area contributed by atoms with Gasteiger partial charge in [-0.15, -0.1) is 23.1 Å². The molecule has 0 aliphatic heterocycles. The molecule has 248 valence electrons. The Morgan fingerprint density at radius 2 is 1.40 bits per heavy atom. The second-order valence-electron chi connectivity index (χ2n) is 10.8. The summed E-state index contributed by atoms with van der Waals surface area (Å²) in [6.07, 6.45) is 1.62. The Kier molecular flexibility index (Phi) is 11.4. The first-order valence-corrected chi connectivity index (χ1v) is 17.8. The zero-order valence-electron chi connectivity index (χ0n) is 26.2. The third-order valence-corrected chi connectivity index (χ3v) is 10.1. The molecule has 0 aliphatic rings. The van der Waals surface area contributed by atoms with Crippen LogP contribution in [-0.2, 0) is 9.59 Å². The van der Waals surface area contributed by atoms with Crippen molar-refractivity contribution in [3.63, 3.8) is 0 Å². The average Bonchev–Trinajstić information content (AvgIpc) is 3.61. The van der Waals surface area contributed by atoms with Crippen molar-refractivity contribution in [2.45, 2.75) is 10.1 Å². The minimum absolute atomic E-state index is 0.0915. The Bertz CT molecular complexity index is 2140. The molecule has 0 bridgehead atoms. The van der Waals surface area contributed by atoms with E-state index in [2.05, 4.69) is 20.9 Å². The predicted octanol–water partition coefficient (Wildman–Crippen LogP) is 10.00. The number of aromatic nitrogens is 1. The van der Waals surface area contributed by atoms with Gasteiger partial charge in [0.2, 0.25) is 5.91 Å². The highest BCUT2D eigenvalue weighted by Crippen LogP contribution is 2.37. The fourth-order valence-electron chi connectivity index (χ4n) is 4.80. The van der Waals surface area contributed by atoms with Gasteiger partial charge in [-0.05, 0) is 65.7 Å². The van der Waals surface area contributed by atoms with Crippen molar-refractivity contribution in [2.75, 3.05) is 10.6 Å². The molecule has 3 amide bonds. The smallest absolute Gasteiger partial charge is 0.272 e. The number of hydrogen-bond donors (Lipinski definition) is 3. The number of nitrogens with one attached hydrogen (secondary N) is 3. The molecule has 1 heterocycles. The lowest BCUT2D eigenvalue weighted by molar-refractivity contribution is -0.116. The number of rotatable bonds is 11. The van der Waals surface area contributed by atoms with Crippen LogP contribution in [-0.4, -0.2) is 22.7 Å². The SMILES string of the molecule is O=C(Nc1ccc(SC(C(=O)Nc2nc(-c3ccc(Cl)c(Cl)c3)cs2)c2ccccc2)cc1)/C(=C/c1ccccc1)NC(=O)c1ccccc1. The Balaban J connectivity index is 1.16. The summed E-state index contributed by atoms with van der Waals surface area (Å²) in [5, 5.41) is 11.2. The van der Waals surface area contributed by atoms with Gasteiger partial charge >= 0.3 is 0 Å². The predicted molar refractivity (Wildman–Crippen MR) is 205 cm³/mol. The molecule has 0 fully saturated rings. The second kappa shape index (κ2) is 16.5. The molecular weight excluding hydrogens is 707 g/mol. The van der Waals surface area contributed by atoms with Gasteiger partial charge in [-0.1, -0.05) is 108 Å². The van der Waals surface area contributed by atoms with E-state index in [1.165, 1.54) is 23.1 Å². The van der Waals surface area contributed by atoms with Gasteiger partial charge in [0.05, 0.1) is 15.7 Å². The molecule has 6 rings (SSSR count). The summed E-state index contributed by atoms with van der Waals surface area (Å²) in [7, 11) is 0. The number of benzene rings is 5. The summed E-state index contributed by atoms with van der Waals surface area (Å²) in [5.74, 6) is -1.12. The summed E-state index contributed by atoms with van der Waals surface area (Å²) >= 11 is 14.9. The van der Waals surface area contributed by atoms with E-state index in [1.807, 2.05) is 90.3 Å². The molecule has 1 aromatic heterocycles. The quantitative estimate of drug-likeness (QED) is 0.0909. The maximum absolute atomic E-state index is 13.7. The number of anilines is 2. The molecule has 50 heavy (non-hydrogen) atoms. The number of thioether (sulfide) groups is 1. The summed E-state index contributed by atoms with van der Waals surface area (Å²) in [6, 6.07) is 39.9. The Hall–Kier alpha value is -5.19. The third-order valence-electron chi connectivity index (χ3n) is 7.30. The van der Waals surface area contributed by atoms with Gasteiger partial charge in [0.15, 0.2) is 5.13 Å². The molecule has 0 radical (unpaired) electrons. The number of thiazole rings is 1. The molecule has 0 spiro atoms. The highest BCUT2D eigenvalue weighted by atomic mass is 35.5. The second-order valence-corrected chi connectivity index (χ2v) is 13.7. The topological polar surface area (TPSA) is 100 Å². The van der Waals surface area contributed by atoms with Gasteiger partial charge in [0, 0.05) is 27.1 Å². The highest BCUT2D eigenvalue weighted by molar-refractivity contribution is 8.00. The van der Waals surface area contributed by atoms with Gasteiger partial charge in [0.1, 0.15) is 10.9 Å². The molecule has 3 N–H and O–H groups in total. The van der Waals surface area contributed by atoms with Crippen molar-refractivity contribution in [1.82, 2.24) is 10.3 Å². The number of carbonyl (C=O) groups excluding carboxylic acids is 3. The molecule has 0 saturated carbocycles. The van der Waals surface area contributed by atoms with E-state index in [-0.39, 0.29) is 11.6 Å². The van der Waals surface area contributed by atoms with E-state index < -0.39 is 17.1 Å². The van der Waals surface area contributed by atoms with Crippen molar-refractivity contribution in [1.29, 1.82) is 0 Å². The maximum Gasteiger partial charge on any atom is 0.272 e. The van der Waals surface area contributed by atoms with E-state index in [0.717, 1.165) is 21.6 Å². The number of carbonyl (C=O) groups is 3. The molecule has 11 heteroatoms. The summed E-state index contributed by atoms with van der Waals surface area (Å²) in [6.45, 7) is 0. The summed E-state index contributed by atoms with van der Waals surface area (Å²) < 4.78 is 0. The Morgan fingerprint density at radius 3 is 2.08 bits per heavy atom. The third kappa shape index (κ3) is 9.07. The molecule has 5 aromatic carbocycles. The van der Waals surface area contributed by atoms with Gasteiger partial charge in [0.25, 0.3) is 11.8 Å². The lowest BCUT2D eigenvalue weighted by Crippen LogP contribution is -2.30. The van der Waals surface area contributed by atoms with E-state index in [9.17, 15) is 14.4 Å². The lowest BCUT2D eigenvalue weighted by Gasteiger charge is -2.17. The summed E-state index contributed by atoms with van der Waals surface area (Å²) in [4.78, 5) is 45.5. The first kappa shape index (κ1) is 34.7. The van der Waals surface area contributed by atoms with Gasteiger partial charge in [-0.3, -0.25) is 14.4 Å². The van der Waals surface area contributed by atoms with Crippen molar-refractivity contribution >= 4 is 80.9 Å². The fraction of sp³-hybridized carbons (Fsp3) is 0.0256. The number of hydrogen-bond acceptors (Lipinski definition) is 6. The molecular formula is C39H28Cl2N4O3S2. The lowest BCUT2D eigenvalue weighted by atomic mass is 10.1. The van der Waals surface area contributed by atoms with Gasteiger partial charge in [-0.25, -0.2) is 4.98 Å². The zero-order chi connectivity index (χ0) is 34.9. The van der Waals surface area contributed by atoms with Crippen LogP contribution in [0.15, 0.2) is 149 Å². The molecule has 1 atom stereocenters. The molecule has 7 nitrogen and oxygen atoms in total. The van der Waals surface area contributed by atoms with Crippen LogP contribution in [0.25, 0.3) is 17.3 Å². The molecule has 0 saturated heterocycles. The van der Waals surface area contributed by atoms with Crippen molar-refractivity contribution in [3.05, 3.63) is 171 Å². The largest absolute Gasteiger partial charge is 0.321 e. The van der Waals surface area contributed by atoms with Crippen LogP contribution < -0.4 is 16.0 Å². The van der Waals surface area contributed by atoms with Crippen LogP contribution in [0.2, 0.25) is 10.0 Å². The summed E-state index contributed by atoms with van der Waals surface area (Å²) in [5.41, 5.74) is 4.08. The standard InChI is InChI=1S/C39H28Cl2N4O3S2/c40-31-21-16-28(23-32(31)41)34-24-49-39(44-34)45-38(48)35(26-12-6-2-7-13-26)50-30-19-17-29(18-20-30)42-37(47)33(22-25-10-4-1-5-11-25)43-36(46)27-14-8-3-9-15-27/h1-24,35H,(H,42,47)(H,43,46)(H,44,45,48)/b33-22-. The van der Waals surface area contributed by atoms with E-state index in [1.54, 1.807) is 54.6 Å². The minimum atomic E-state index is -0.595. The fourth-order valence-corrected chi connectivity index (χ4v) is 6.85. The van der Waals surface area contributed by atoms with Crippen LogP contribution in [0.3, 0.4) is 0 Å². The van der Waals surface area contributed by atoms with E-state index in [4.69, 9.17) is 23.2 Å². The van der Waals surface area contributed by atoms with Crippen LogP contribution >= 0.6 is 46.3 Å².